The molecule has 184 valence electrons. The van der Waals surface area contributed by atoms with Gasteiger partial charge < -0.3 is 5.32 Å². The molecule has 3 rings (SSSR count). The van der Waals surface area contributed by atoms with E-state index in [0.717, 1.165) is 24.1 Å². The summed E-state index contributed by atoms with van der Waals surface area (Å²) in [6.45, 7) is 9.78. The van der Waals surface area contributed by atoms with Crippen molar-refractivity contribution in [1.29, 1.82) is 0 Å². The summed E-state index contributed by atoms with van der Waals surface area (Å²) in [5.74, 6) is 5.71. The summed E-state index contributed by atoms with van der Waals surface area (Å²) in [5, 5.41) is 3.45. The van der Waals surface area contributed by atoms with Crippen LogP contribution in [0, 0.1) is 23.1 Å². The topological polar surface area (TPSA) is 58.5 Å². The molecule has 1 amide bonds. The molecule has 0 aliphatic carbocycles. The van der Waals surface area contributed by atoms with Crippen molar-refractivity contribution in [3.63, 3.8) is 0 Å². The number of aliphatic imine (C=N–C) groups is 1. The summed E-state index contributed by atoms with van der Waals surface area (Å²) in [6.07, 6.45) is 2.98. The van der Waals surface area contributed by atoms with Crippen LogP contribution in [0.25, 0.3) is 0 Å². The van der Waals surface area contributed by atoms with Gasteiger partial charge in [-0.1, -0.05) is 44.7 Å². The molecule has 0 aromatic heterocycles. The molecule has 4 nitrogen and oxygen atoms in total. The first-order valence-corrected chi connectivity index (χ1v) is 12.3. The van der Waals surface area contributed by atoms with Crippen LogP contribution in [0.2, 0.25) is 5.02 Å². The van der Waals surface area contributed by atoms with Crippen molar-refractivity contribution in [3.8, 4) is 11.8 Å². The average molecular weight is 495 g/mol. The molecule has 0 fully saturated rings. The number of ketones is 1. The Balaban J connectivity index is 1.94. The van der Waals surface area contributed by atoms with E-state index in [1.807, 2.05) is 27.7 Å². The lowest BCUT2D eigenvalue weighted by Crippen LogP contribution is -2.38. The third-order valence-corrected chi connectivity index (χ3v) is 6.73. The number of fused-ring (bicyclic) bond motifs is 1. The van der Waals surface area contributed by atoms with E-state index in [1.54, 1.807) is 18.2 Å². The Morgan fingerprint density at radius 1 is 1.17 bits per heavy atom. The Bertz CT molecular complexity index is 1240. The van der Waals surface area contributed by atoms with Gasteiger partial charge in [-0.2, -0.15) is 0 Å². The Kier molecular flexibility index (Phi) is 8.18. The summed E-state index contributed by atoms with van der Waals surface area (Å²) < 4.78 is 14.0. The smallest absolute Gasteiger partial charge is 0.242 e. The van der Waals surface area contributed by atoms with Crippen LogP contribution in [0.3, 0.4) is 0 Å². The third-order valence-electron chi connectivity index (χ3n) is 6.40. The minimum Gasteiger partial charge on any atom is -0.325 e. The lowest BCUT2D eigenvalue weighted by molar-refractivity contribution is -0.123. The number of carbonyl (C=O) groups excluding carboxylic acids is 2. The van der Waals surface area contributed by atoms with Crippen LogP contribution in [0.4, 0.5) is 10.1 Å². The first-order chi connectivity index (χ1) is 16.5. The van der Waals surface area contributed by atoms with E-state index >= 15 is 0 Å². The molecule has 1 aliphatic heterocycles. The number of benzene rings is 2. The molecule has 0 bridgehead atoms. The van der Waals surface area contributed by atoms with E-state index in [9.17, 15) is 14.0 Å². The normalized spacial score (nSPS) is 14.8. The van der Waals surface area contributed by atoms with Crippen molar-refractivity contribution in [2.45, 2.75) is 65.7 Å². The molecule has 1 aliphatic rings. The Hall–Kier alpha value is -2.97. The molecule has 2 aromatic carbocycles. The van der Waals surface area contributed by atoms with Gasteiger partial charge >= 0.3 is 0 Å². The first-order valence-electron chi connectivity index (χ1n) is 11.9. The molecular weight excluding hydrogens is 463 g/mol. The molecule has 1 unspecified atom stereocenters. The maximum absolute atomic E-state index is 14.0. The number of nitrogens with one attached hydrogen (secondary N) is 1. The minimum atomic E-state index is -1.07. The van der Waals surface area contributed by atoms with Gasteiger partial charge in [0.25, 0.3) is 0 Å². The molecule has 0 saturated heterocycles. The predicted octanol–water partition coefficient (Wildman–Crippen LogP) is 6.99. The summed E-state index contributed by atoms with van der Waals surface area (Å²) in [5.41, 5.74) is 1.60. The van der Waals surface area contributed by atoms with Crippen LogP contribution >= 0.6 is 11.6 Å². The summed E-state index contributed by atoms with van der Waals surface area (Å²) in [4.78, 5) is 30.1. The van der Waals surface area contributed by atoms with Crippen molar-refractivity contribution in [2.75, 3.05) is 11.9 Å². The van der Waals surface area contributed by atoms with Crippen LogP contribution in [-0.4, -0.2) is 23.9 Å². The molecule has 35 heavy (non-hydrogen) atoms. The van der Waals surface area contributed by atoms with Crippen LogP contribution < -0.4 is 5.32 Å². The van der Waals surface area contributed by atoms with Gasteiger partial charge in [-0.05, 0) is 74.1 Å². The number of Topliss-reactive ketones (excluding diaryl/α,β-unsaturated/α-hetero) is 1. The molecular formula is C29H32ClFN2O2. The molecule has 0 spiro atoms. The van der Waals surface area contributed by atoms with E-state index in [1.165, 1.54) is 18.2 Å². The highest BCUT2D eigenvalue weighted by Gasteiger charge is 2.39. The highest BCUT2D eigenvalue weighted by molar-refractivity contribution is 6.31. The van der Waals surface area contributed by atoms with E-state index < -0.39 is 10.8 Å². The van der Waals surface area contributed by atoms with E-state index in [-0.39, 0.29) is 24.1 Å². The quantitative estimate of drug-likeness (QED) is 0.333. The lowest BCUT2D eigenvalue weighted by atomic mass is 9.70. The Labute approximate surface area is 212 Å². The van der Waals surface area contributed by atoms with E-state index in [0.29, 0.717) is 34.7 Å². The molecule has 6 heteroatoms. The number of anilines is 1. The lowest BCUT2D eigenvalue weighted by Gasteiger charge is -2.34. The standard InChI is InChI=1S/C29H32ClFN2O2/c1-6-7-8-9-14-29(5,18-28(3,4)24-15-20(31)10-13-25(24)30)27(35)33-21-11-12-22-23(16-21)19(2)32-17-26(22)34/h10-13,15-16H,6-8,17-18H2,1-5H3,(H,33,35). The molecule has 0 radical (unpaired) electrons. The van der Waals surface area contributed by atoms with Gasteiger partial charge in [-0.15, -0.1) is 5.92 Å². The van der Waals surface area contributed by atoms with Gasteiger partial charge in [-0.3, -0.25) is 14.6 Å². The largest absolute Gasteiger partial charge is 0.325 e. The summed E-state index contributed by atoms with van der Waals surface area (Å²) in [7, 11) is 0. The molecule has 1 N–H and O–H groups in total. The van der Waals surface area contributed by atoms with Crippen molar-refractivity contribution in [2.24, 2.45) is 10.4 Å². The number of rotatable bonds is 7. The monoisotopic (exact) mass is 494 g/mol. The van der Waals surface area contributed by atoms with Crippen LogP contribution in [0.5, 0.6) is 0 Å². The van der Waals surface area contributed by atoms with Crippen molar-refractivity contribution < 1.29 is 14.0 Å². The van der Waals surface area contributed by atoms with E-state index in [2.05, 4.69) is 29.1 Å². The first kappa shape index (κ1) is 26.6. The number of amides is 1. The second kappa shape index (κ2) is 10.7. The van der Waals surface area contributed by atoms with Crippen LogP contribution in [0.1, 0.15) is 81.8 Å². The van der Waals surface area contributed by atoms with Gasteiger partial charge in [0.1, 0.15) is 17.8 Å². The van der Waals surface area contributed by atoms with Crippen LogP contribution in [-0.2, 0) is 10.2 Å². The zero-order valence-corrected chi connectivity index (χ0v) is 21.8. The zero-order chi connectivity index (χ0) is 25.8. The zero-order valence-electron chi connectivity index (χ0n) is 21.0. The van der Waals surface area contributed by atoms with Crippen molar-refractivity contribution in [1.82, 2.24) is 0 Å². The number of carbonyl (C=O) groups is 2. The maximum atomic E-state index is 14.0. The van der Waals surface area contributed by atoms with Crippen molar-refractivity contribution in [3.05, 3.63) is 63.9 Å². The number of hydrogen-bond donors (Lipinski definition) is 1. The highest BCUT2D eigenvalue weighted by Crippen LogP contribution is 2.40. The highest BCUT2D eigenvalue weighted by atomic mass is 35.5. The fraction of sp³-hybridized carbons (Fsp3) is 0.414. The summed E-state index contributed by atoms with van der Waals surface area (Å²) in [6, 6.07) is 9.52. The number of hydrogen-bond acceptors (Lipinski definition) is 3. The molecule has 1 atom stereocenters. The molecule has 1 heterocycles. The van der Waals surface area contributed by atoms with Gasteiger partial charge in [0, 0.05) is 34.0 Å². The Morgan fingerprint density at radius 3 is 2.63 bits per heavy atom. The number of halogens is 2. The fourth-order valence-electron chi connectivity index (χ4n) is 4.49. The minimum absolute atomic E-state index is 0.0381. The van der Waals surface area contributed by atoms with Gasteiger partial charge in [-0.25, -0.2) is 4.39 Å². The second-order valence-electron chi connectivity index (χ2n) is 9.96. The average Bonchev–Trinajstić information content (AvgIpc) is 2.80. The number of unbranched alkanes of at least 4 members (excludes halogenated alkanes) is 2. The predicted molar refractivity (Wildman–Crippen MR) is 141 cm³/mol. The molecule has 2 aromatic rings. The third kappa shape index (κ3) is 6.18. The Morgan fingerprint density at radius 2 is 1.91 bits per heavy atom. The summed E-state index contributed by atoms with van der Waals surface area (Å²) >= 11 is 6.42. The van der Waals surface area contributed by atoms with Gasteiger partial charge in [0.15, 0.2) is 5.78 Å². The molecule has 0 saturated carbocycles. The van der Waals surface area contributed by atoms with Crippen LogP contribution in [0.15, 0.2) is 41.4 Å². The number of nitrogens with zero attached hydrogens (tertiary/aromatic N) is 1. The maximum Gasteiger partial charge on any atom is 0.242 e. The van der Waals surface area contributed by atoms with Crippen molar-refractivity contribution >= 4 is 34.7 Å². The van der Waals surface area contributed by atoms with Gasteiger partial charge in [0.2, 0.25) is 5.91 Å². The van der Waals surface area contributed by atoms with E-state index in [4.69, 9.17) is 11.6 Å². The van der Waals surface area contributed by atoms with Gasteiger partial charge in [0.05, 0.1) is 0 Å². The SMILES string of the molecule is CCCCC#CC(C)(CC(C)(C)c1cc(F)ccc1Cl)C(=O)Nc1ccc2c(c1)C(C)=NCC2=O. The fourth-order valence-corrected chi connectivity index (χ4v) is 4.87. The second-order valence-corrected chi connectivity index (χ2v) is 10.4.